The van der Waals surface area contributed by atoms with Crippen molar-refractivity contribution in [1.82, 2.24) is 15.6 Å². The topological polar surface area (TPSA) is 99.1 Å². The van der Waals surface area contributed by atoms with E-state index in [1.54, 1.807) is 12.2 Å². The van der Waals surface area contributed by atoms with E-state index in [1.165, 1.54) is 30.5 Å². The van der Waals surface area contributed by atoms with Gasteiger partial charge in [-0.15, -0.1) is 6.42 Å². The average Bonchev–Trinajstić information content (AvgIpc) is 2.82. The zero-order valence-electron chi connectivity index (χ0n) is 19.4. The number of hydrogen-bond donors (Lipinski definition) is 3. The van der Waals surface area contributed by atoms with Gasteiger partial charge in [0.2, 0.25) is 5.91 Å². The molecule has 0 saturated carbocycles. The maximum atomic E-state index is 13.6. The number of ether oxygens (including phenoxy) is 1. The SMILES string of the molecule is C#CCNC/C=C/C(=O)NC1(C)C=c2c(Nc3ccc(F)c(Cl)c3)c(C#N)cnc2=CC1OCC. The van der Waals surface area contributed by atoms with E-state index in [9.17, 15) is 14.4 Å². The number of carbonyl (C=O) groups is 1. The third kappa shape index (κ3) is 6.26. The van der Waals surface area contributed by atoms with Crippen LogP contribution in [0.15, 0.2) is 36.5 Å². The molecule has 1 aliphatic rings. The van der Waals surface area contributed by atoms with Crippen molar-refractivity contribution in [2.45, 2.75) is 25.5 Å². The number of anilines is 2. The van der Waals surface area contributed by atoms with Crippen molar-refractivity contribution < 1.29 is 13.9 Å². The fraction of sp³-hybridized carbons (Fsp3) is 0.269. The zero-order valence-corrected chi connectivity index (χ0v) is 20.1. The number of amides is 1. The summed E-state index contributed by atoms with van der Waals surface area (Å²) >= 11 is 5.93. The van der Waals surface area contributed by atoms with Crippen LogP contribution in [-0.2, 0) is 9.53 Å². The number of terminal acetylenes is 1. The van der Waals surface area contributed by atoms with Crippen LogP contribution in [0.25, 0.3) is 12.2 Å². The minimum Gasteiger partial charge on any atom is -0.372 e. The second-order valence-corrected chi connectivity index (χ2v) is 8.31. The van der Waals surface area contributed by atoms with E-state index in [-0.39, 0.29) is 16.5 Å². The molecule has 2 atom stereocenters. The van der Waals surface area contributed by atoms with E-state index in [1.807, 2.05) is 19.9 Å². The van der Waals surface area contributed by atoms with Gasteiger partial charge in [0.1, 0.15) is 18.0 Å². The Morgan fingerprint density at radius 2 is 2.26 bits per heavy atom. The number of rotatable bonds is 9. The van der Waals surface area contributed by atoms with E-state index in [0.29, 0.717) is 41.6 Å². The van der Waals surface area contributed by atoms with Gasteiger partial charge in [0, 0.05) is 36.3 Å². The molecule has 1 amide bonds. The van der Waals surface area contributed by atoms with E-state index < -0.39 is 17.5 Å². The molecule has 180 valence electrons. The molecular formula is C26H25ClFN5O2. The van der Waals surface area contributed by atoms with Gasteiger partial charge in [-0.05, 0) is 44.2 Å². The van der Waals surface area contributed by atoms with Crippen molar-refractivity contribution >= 4 is 41.0 Å². The highest BCUT2D eigenvalue weighted by molar-refractivity contribution is 6.31. The molecule has 0 aliphatic heterocycles. The number of nitriles is 1. The summed E-state index contributed by atoms with van der Waals surface area (Å²) < 4.78 is 19.6. The van der Waals surface area contributed by atoms with Gasteiger partial charge in [0.25, 0.3) is 0 Å². The molecule has 2 aromatic rings. The molecule has 0 saturated heterocycles. The first-order valence-corrected chi connectivity index (χ1v) is 11.3. The maximum absolute atomic E-state index is 13.6. The predicted octanol–water partition coefficient (Wildman–Crippen LogP) is 2.12. The van der Waals surface area contributed by atoms with Crippen molar-refractivity contribution in [3.63, 3.8) is 0 Å². The number of fused-ring (bicyclic) bond motifs is 1. The van der Waals surface area contributed by atoms with Crippen molar-refractivity contribution in [3.05, 3.63) is 63.5 Å². The number of halogens is 2. The molecule has 1 aromatic heterocycles. The van der Waals surface area contributed by atoms with Crippen molar-refractivity contribution in [3.8, 4) is 18.4 Å². The van der Waals surface area contributed by atoms with Gasteiger partial charge in [0.05, 0.1) is 33.7 Å². The van der Waals surface area contributed by atoms with Gasteiger partial charge < -0.3 is 20.7 Å². The lowest BCUT2D eigenvalue weighted by Crippen LogP contribution is -2.58. The Morgan fingerprint density at radius 1 is 1.46 bits per heavy atom. The number of nitrogens with zero attached hydrogens (tertiary/aromatic N) is 2. The van der Waals surface area contributed by atoms with Crippen LogP contribution in [0.4, 0.5) is 15.8 Å². The Hall–Kier alpha value is -3.69. The number of nitrogens with one attached hydrogen (secondary N) is 3. The largest absolute Gasteiger partial charge is 0.372 e. The molecule has 0 spiro atoms. The summed E-state index contributed by atoms with van der Waals surface area (Å²) in [7, 11) is 0. The van der Waals surface area contributed by atoms with Gasteiger partial charge in [-0.2, -0.15) is 5.26 Å². The minimum absolute atomic E-state index is 0.0518. The summed E-state index contributed by atoms with van der Waals surface area (Å²) in [6, 6.07) is 6.31. The fourth-order valence-corrected chi connectivity index (χ4v) is 3.85. The van der Waals surface area contributed by atoms with Crippen molar-refractivity contribution in [2.24, 2.45) is 0 Å². The van der Waals surface area contributed by atoms with Gasteiger partial charge in [0.15, 0.2) is 0 Å². The molecule has 1 heterocycles. The summed E-state index contributed by atoms with van der Waals surface area (Å²) in [5.41, 5.74) is 0.274. The number of aromatic nitrogens is 1. The Balaban J connectivity index is 2.03. The standard InChI is InChI=1S/C26H25ClFN5O2/c1-4-10-30-11-6-7-24(34)33-26(3)14-19-22(13-23(26)35-5-2)31-16-17(15-29)25(19)32-18-8-9-21(28)20(27)12-18/h1,6-9,12-14,16,23,30,32H,5,10-11H2,2-3H3,(H,33,34)/b7-6+. The van der Waals surface area contributed by atoms with Crippen LogP contribution in [0.3, 0.4) is 0 Å². The third-order valence-corrected chi connectivity index (χ3v) is 5.59. The molecular weight excluding hydrogens is 469 g/mol. The number of hydrogen-bond acceptors (Lipinski definition) is 6. The van der Waals surface area contributed by atoms with Gasteiger partial charge in [-0.1, -0.05) is 23.6 Å². The van der Waals surface area contributed by atoms with Crippen LogP contribution in [0.2, 0.25) is 5.02 Å². The molecule has 7 nitrogen and oxygen atoms in total. The lowest BCUT2D eigenvalue weighted by Gasteiger charge is -2.35. The second-order valence-electron chi connectivity index (χ2n) is 7.91. The van der Waals surface area contributed by atoms with E-state index in [2.05, 4.69) is 32.9 Å². The normalized spacial score (nSPS) is 18.5. The average molecular weight is 494 g/mol. The highest BCUT2D eigenvalue weighted by Gasteiger charge is 2.35. The van der Waals surface area contributed by atoms with E-state index in [4.69, 9.17) is 22.8 Å². The molecule has 1 aromatic carbocycles. The van der Waals surface area contributed by atoms with Crippen LogP contribution in [0, 0.1) is 29.5 Å². The van der Waals surface area contributed by atoms with Crippen LogP contribution < -0.4 is 26.5 Å². The molecule has 0 fully saturated rings. The number of carbonyl (C=O) groups excluding carboxylic acids is 1. The molecule has 0 bridgehead atoms. The first-order chi connectivity index (χ1) is 16.8. The molecule has 0 radical (unpaired) electrons. The quantitative estimate of drug-likeness (QED) is 0.281. The Bertz CT molecular complexity index is 1350. The third-order valence-electron chi connectivity index (χ3n) is 5.30. The molecule has 2 unspecified atom stereocenters. The Kier molecular flexibility index (Phi) is 8.62. The van der Waals surface area contributed by atoms with Gasteiger partial charge in [-0.3, -0.25) is 9.78 Å². The highest BCUT2D eigenvalue weighted by atomic mass is 35.5. The summed E-state index contributed by atoms with van der Waals surface area (Å²) in [4.78, 5) is 17.1. The molecule has 3 rings (SSSR count). The van der Waals surface area contributed by atoms with Gasteiger partial charge in [-0.25, -0.2) is 4.39 Å². The lowest BCUT2D eigenvalue weighted by atomic mass is 9.88. The summed E-state index contributed by atoms with van der Waals surface area (Å²) in [5, 5.41) is 20.0. The van der Waals surface area contributed by atoms with Crippen LogP contribution in [-0.4, -0.2) is 42.2 Å². The Morgan fingerprint density at radius 3 is 2.94 bits per heavy atom. The molecule has 1 aliphatic carbocycles. The summed E-state index contributed by atoms with van der Waals surface area (Å²) in [6.07, 6.45) is 12.9. The van der Waals surface area contributed by atoms with Crippen LogP contribution in [0.1, 0.15) is 19.4 Å². The lowest BCUT2D eigenvalue weighted by molar-refractivity contribution is -0.118. The Labute approximate surface area is 208 Å². The van der Waals surface area contributed by atoms with E-state index in [0.717, 1.165) is 0 Å². The van der Waals surface area contributed by atoms with Crippen molar-refractivity contribution in [2.75, 3.05) is 25.0 Å². The fourth-order valence-electron chi connectivity index (χ4n) is 3.67. The summed E-state index contributed by atoms with van der Waals surface area (Å²) in [6.45, 7) is 4.95. The molecule has 3 N–H and O–H groups in total. The summed E-state index contributed by atoms with van der Waals surface area (Å²) in [5.74, 6) is 1.59. The minimum atomic E-state index is -0.955. The predicted molar refractivity (Wildman–Crippen MR) is 135 cm³/mol. The van der Waals surface area contributed by atoms with E-state index >= 15 is 0 Å². The monoisotopic (exact) mass is 493 g/mol. The smallest absolute Gasteiger partial charge is 0.244 e. The van der Waals surface area contributed by atoms with Crippen LogP contribution >= 0.6 is 11.6 Å². The van der Waals surface area contributed by atoms with Crippen LogP contribution in [0.5, 0.6) is 0 Å². The van der Waals surface area contributed by atoms with Gasteiger partial charge >= 0.3 is 0 Å². The first-order valence-electron chi connectivity index (χ1n) is 10.9. The maximum Gasteiger partial charge on any atom is 0.244 e. The van der Waals surface area contributed by atoms with Crippen molar-refractivity contribution in [1.29, 1.82) is 5.26 Å². The highest BCUT2D eigenvalue weighted by Crippen LogP contribution is 2.24. The molecule has 35 heavy (non-hydrogen) atoms. The zero-order chi connectivity index (χ0) is 25.4. The molecule has 9 heteroatoms. The first kappa shape index (κ1) is 25.9. The number of pyridine rings is 1. The second kappa shape index (κ2) is 11.6. The number of benzene rings is 1.